The number of alkyl halides is 1. The van der Waals surface area contributed by atoms with Crippen LogP contribution in [0.2, 0.25) is 0 Å². The van der Waals surface area contributed by atoms with Crippen molar-refractivity contribution < 1.29 is 18.8 Å². The van der Waals surface area contributed by atoms with Crippen molar-refractivity contribution in [3.8, 4) is 0 Å². The highest BCUT2D eigenvalue weighted by atomic mass is 33.3. The van der Waals surface area contributed by atoms with E-state index >= 15 is 0 Å². The Hall–Kier alpha value is 1.00. The Labute approximate surface area is 88.0 Å². The average Bonchev–Trinajstić information content (AvgIpc) is 2.40. The highest BCUT2D eigenvalue weighted by Crippen LogP contribution is 2.39. The Morgan fingerprint density at radius 1 is 1.77 bits per heavy atom. The Kier molecular flexibility index (Phi) is 5.37. The number of hydrogen-bond donors (Lipinski definition) is 2. The van der Waals surface area contributed by atoms with Crippen molar-refractivity contribution in [1.29, 1.82) is 0 Å². The van der Waals surface area contributed by atoms with Gasteiger partial charge in [0.2, 0.25) is 0 Å². The van der Waals surface area contributed by atoms with Crippen molar-refractivity contribution in [2.75, 3.05) is 6.61 Å². The first kappa shape index (κ1) is 12.1. The molecule has 3 nitrogen and oxygen atoms in total. The number of aliphatic hydroxyl groups excluding tert-OH is 1. The molecule has 2 unspecified atom stereocenters. The molecule has 1 saturated heterocycles. The lowest BCUT2D eigenvalue weighted by Gasteiger charge is -2.16. The van der Waals surface area contributed by atoms with E-state index in [4.69, 9.17) is 22.2 Å². The summed E-state index contributed by atoms with van der Waals surface area (Å²) in [4.78, 5) is 0. The monoisotopic (exact) mass is 242 g/mol. The van der Waals surface area contributed by atoms with Gasteiger partial charge in [-0.2, -0.15) is 0 Å². The molecule has 0 aromatic carbocycles. The van der Waals surface area contributed by atoms with Crippen LogP contribution in [0.3, 0.4) is 0 Å². The molecule has 8 heteroatoms. The fourth-order valence-electron chi connectivity index (χ4n) is 1.11. The zero-order chi connectivity index (χ0) is 9.84. The number of thiol groups is 1. The molecule has 0 aromatic rings. The van der Waals surface area contributed by atoms with E-state index < -0.39 is 24.4 Å². The normalized spacial score (nSPS) is 40.5. The minimum Gasteiger partial charge on any atom is -0.394 e. The van der Waals surface area contributed by atoms with Crippen LogP contribution in [0.15, 0.2) is 0 Å². The standard InChI is InChI=1S/C5H9BFO3PS2/c6-5-3(7)4(10-11-13-12)2(1-8)9-5/h2-5,8,11-12H,1H2/t2-,3+,4?,5-/m1/s1. The number of rotatable bonds is 4. The fraction of sp³-hybridized carbons (Fsp3) is 1.00. The van der Waals surface area contributed by atoms with Crippen LogP contribution in [0.4, 0.5) is 4.39 Å². The molecular weight excluding hydrogens is 233 g/mol. The second kappa shape index (κ2) is 5.78. The fourth-order valence-corrected chi connectivity index (χ4v) is 2.40. The Morgan fingerprint density at radius 2 is 2.46 bits per heavy atom. The molecular formula is C5H9BFO3PS2. The first-order valence-corrected chi connectivity index (χ1v) is 7.08. The maximum absolute atomic E-state index is 13.2. The predicted octanol–water partition coefficient (Wildman–Crippen LogP) is 0.682. The quantitative estimate of drug-likeness (QED) is 0.329. The lowest BCUT2D eigenvalue weighted by Crippen LogP contribution is -2.32. The van der Waals surface area contributed by atoms with Gasteiger partial charge in [0.1, 0.15) is 26.2 Å². The second-order valence-electron chi connectivity index (χ2n) is 2.52. The van der Waals surface area contributed by atoms with Crippen LogP contribution in [-0.2, 0) is 9.26 Å². The summed E-state index contributed by atoms with van der Waals surface area (Å²) in [6, 6.07) is -1.00. The summed E-state index contributed by atoms with van der Waals surface area (Å²) in [6.07, 6.45) is -2.83. The molecule has 1 N–H and O–H groups in total. The van der Waals surface area contributed by atoms with Gasteiger partial charge >= 0.3 is 0 Å². The molecule has 74 valence electrons. The van der Waals surface area contributed by atoms with Crippen molar-refractivity contribution in [3.05, 3.63) is 0 Å². The highest BCUT2D eigenvalue weighted by molar-refractivity contribution is 8.90. The lowest BCUT2D eigenvalue weighted by molar-refractivity contribution is 0.00782. The van der Waals surface area contributed by atoms with Crippen LogP contribution in [0.5, 0.6) is 0 Å². The van der Waals surface area contributed by atoms with Crippen LogP contribution in [0.1, 0.15) is 0 Å². The maximum atomic E-state index is 13.2. The van der Waals surface area contributed by atoms with E-state index in [0.29, 0.717) is 0 Å². The molecule has 5 atom stereocenters. The van der Waals surface area contributed by atoms with Gasteiger partial charge in [0.05, 0.1) is 20.6 Å². The molecule has 1 heterocycles. The zero-order valence-corrected chi connectivity index (χ0v) is 9.30. The van der Waals surface area contributed by atoms with Crippen molar-refractivity contribution >= 4 is 37.9 Å². The average molecular weight is 242 g/mol. The lowest BCUT2D eigenvalue weighted by atomic mass is 9.94. The van der Waals surface area contributed by atoms with Crippen LogP contribution >= 0.6 is 30.1 Å². The van der Waals surface area contributed by atoms with Gasteiger partial charge in [-0.25, -0.2) is 4.39 Å². The largest absolute Gasteiger partial charge is 0.394 e. The molecule has 0 amide bonds. The third-order valence-corrected chi connectivity index (χ3v) is 3.35. The predicted molar refractivity (Wildman–Crippen MR) is 56.2 cm³/mol. The summed E-state index contributed by atoms with van der Waals surface area (Å²) < 4.78 is 23.3. The van der Waals surface area contributed by atoms with Crippen molar-refractivity contribution in [1.82, 2.24) is 0 Å². The third kappa shape index (κ3) is 2.98. The summed E-state index contributed by atoms with van der Waals surface area (Å²) in [5.74, 6) is 0. The Bertz CT molecular complexity index is 169. The molecule has 2 radical (unpaired) electrons. The van der Waals surface area contributed by atoms with Crippen molar-refractivity contribution in [2.45, 2.75) is 24.4 Å². The van der Waals surface area contributed by atoms with Crippen molar-refractivity contribution in [3.63, 3.8) is 0 Å². The SMILES string of the molecule is [B][C@@H]1O[C@H](CO)C(OPSS)[C@@H]1F. The Balaban J connectivity index is 2.47. The zero-order valence-electron chi connectivity index (χ0n) is 6.59. The molecule has 1 fully saturated rings. The number of hydrogen-bond acceptors (Lipinski definition) is 5. The topological polar surface area (TPSA) is 38.7 Å². The summed E-state index contributed by atoms with van der Waals surface area (Å²) in [5, 5.41) is 8.82. The summed E-state index contributed by atoms with van der Waals surface area (Å²) in [5.41, 5.74) is 0. The smallest absolute Gasteiger partial charge is 0.147 e. The second-order valence-corrected chi connectivity index (χ2v) is 5.80. The van der Waals surface area contributed by atoms with Crippen LogP contribution in [-0.4, -0.2) is 43.9 Å². The highest BCUT2D eigenvalue weighted by Gasteiger charge is 2.42. The molecule has 0 saturated carbocycles. The summed E-state index contributed by atoms with van der Waals surface area (Å²) in [6.45, 7) is -0.291. The summed E-state index contributed by atoms with van der Waals surface area (Å²) >= 11 is 3.85. The van der Waals surface area contributed by atoms with Gasteiger partial charge < -0.3 is 14.4 Å². The van der Waals surface area contributed by atoms with Crippen LogP contribution in [0.25, 0.3) is 0 Å². The van der Waals surface area contributed by atoms with Gasteiger partial charge in [0.15, 0.2) is 0 Å². The van der Waals surface area contributed by atoms with Crippen LogP contribution < -0.4 is 0 Å². The van der Waals surface area contributed by atoms with Crippen LogP contribution in [0, 0.1) is 0 Å². The molecule has 1 aliphatic heterocycles. The third-order valence-electron chi connectivity index (χ3n) is 1.73. The van der Waals surface area contributed by atoms with Gasteiger partial charge in [-0.1, -0.05) is 0 Å². The minimum absolute atomic E-state index is 0.00769. The molecule has 0 aliphatic carbocycles. The van der Waals surface area contributed by atoms with E-state index in [0.717, 1.165) is 10.4 Å². The number of halogens is 1. The van der Waals surface area contributed by atoms with E-state index in [9.17, 15) is 4.39 Å². The van der Waals surface area contributed by atoms with E-state index in [-0.39, 0.29) is 14.6 Å². The van der Waals surface area contributed by atoms with Gasteiger partial charge in [-0.3, -0.25) is 0 Å². The minimum atomic E-state index is -1.38. The van der Waals surface area contributed by atoms with Gasteiger partial charge in [-0.15, -0.1) is 11.7 Å². The Morgan fingerprint density at radius 3 is 3.00 bits per heavy atom. The van der Waals surface area contributed by atoms with E-state index in [1.807, 2.05) is 0 Å². The first-order valence-electron chi connectivity index (χ1n) is 3.57. The van der Waals surface area contributed by atoms with Gasteiger partial charge in [0.25, 0.3) is 0 Å². The van der Waals surface area contributed by atoms with Crippen molar-refractivity contribution in [2.24, 2.45) is 0 Å². The molecule has 0 aromatic heterocycles. The first-order chi connectivity index (χ1) is 6.20. The maximum Gasteiger partial charge on any atom is 0.147 e. The van der Waals surface area contributed by atoms with Gasteiger partial charge in [-0.05, 0) is 10.4 Å². The van der Waals surface area contributed by atoms with Gasteiger partial charge in [0, 0.05) is 0 Å². The van der Waals surface area contributed by atoms with E-state index in [2.05, 4.69) is 11.7 Å². The molecule has 0 bridgehead atoms. The molecule has 1 aliphatic rings. The molecule has 0 spiro atoms. The summed E-state index contributed by atoms with van der Waals surface area (Å²) in [7, 11) is 6.46. The molecule has 1 rings (SSSR count). The van der Waals surface area contributed by atoms with E-state index in [1.165, 1.54) is 0 Å². The molecule has 13 heavy (non-hydrogen) atoms. The van der Waals surface area contributed by atoms with E-state index in [1.54, 1.807) is 0 Å². The number of ether oxygens (including phenoxy) is 1. The number of aliphatic hydroxyl groups is 1.